The minimum absolute atomic E-state index is 0.115. The Morgan fingerprint density at radius 3 is 2.58 bits per heavy atom. The molecule has 0 unspecified atom stereocenters. The average Bonchev–Trinajstić information content (AvgIpc) is 2.58. The summed E-state index contributed by atoms with van der Waals surface area (Å²) in [6.45, 7) is 4.19. The lowest BCUT2D eigenvalue weighted by atomic mass is 10.2. The zero-order valence-corrected chi connectivity index (χ0v) is 15.4. The summed E-state index contributed by atoms with van der Waals surface area (Å²) in [4.78, 5) is 22.1. The molecular weight excluding hydrogens is 326 g/mol. The number of halogens is 1. The summed E-state index contributed by atoms with van der Waals surface area (Å²) >= 11 is 6.07. The first kappa shape index (κ1) is 18.4. The number of nitrogens with one attached hydrogen (secondary N) is 1. The Labute approximate surface area is 149 Å². The molecule has 1 N–H and O–H groups in total. The molecule has 1 aliphatic heterocycles. The Balaban J connectivity index is 1.82. The Bertz CT molecular complexity index is 582. The number of amides is 1. The zero-order valence-electron chi connectivity index (χ0n) is 14.6. The predicted octanol–water partition coefficient (Wildman–Crippen LogP) is 1.52. The number of rotatable bonds is 4. The number of hydrogen-bond donors (Lipinski definition) is 1. The summed E-state index contributed by atoms with van der Waals surface area (Å²) in [5, 5.41) is 4.04. The molecule has 0 aliphatic carbocycles. The van der Waals surface area contributed by atoms with Gasteiger partial charge in [0.1, 0.15) is 0 Å². The van der Waals surface area contributed by atoms with Crippen LogP contribution in [0.25, 0.3) is 0 Å². The van der Waals surface area contributed by atoms with E-state index >= 15 is 0 Å². The Hall–Kier alpha value is -1.95. The van der Waals surface area contributed by atoms with Gasteiger partial charge in [-0.2, -0.15) is 0 Å². The number of benzene rings is 1. The van der Waals surface area contributed by atoms with Crippen LogP contribution in [0.5, 0.6) is 0 Å². The van der Waals surface area contributed by atoms with Gasteiger partial charge in [0.05, 0.1) is 0 Å². The van der Waals surface area contributed by atoms with Crippen molar-refractivity contribution in [2.75, 3.05) is 58.8 Å². The maximum absolute atomic E-state index is 11.6. The van der Waals surface area contributed by atoms with E-state index in [4.69, 9.17) is 11.6 Å². The fraction of sp³-hybridized carbons (Fsp3) is 0.529. The van der Waals surface area contributed by atoms with Crippen molar-refractivity contribution in [1.82, 2.24) is 15.1 Å². The normalized spacial score (nSPS) is 15.4. The van der Waals surface area contributed by atoms with E-state index in [1.807, 2.05) is 18.2 Å². The van der Waals surface area contributed by atoms with Gasteiger partial charge in [-0.25, -0.2) is 0 Å². The average molecular weight is 352 g/mol. The summed E-state index contributed by atoms with van der Waals surface area (Å²) in [5.41, 5.74) is 1.15. The van der Waals surface area contributed by atoms with Crippen molar-refractivity contribution in [2.24, 2.45) is 4.99 Å². The topological polar surface area (TPSA) is 51.2 Å². The van der Waals surface area contributed by atoms with Crippen molar-refractivity contribution in [3.63, 3.8) is 0 Å². The van der Waals surface area contributed by atoms with E-state index in [9.17, 15) is 4.79 Å². The first-order chi connectivity index (χ1) is 11.5. The number of piperazine rings is 1. The van der Waals surface area contributed by atoms with E-state index in [-0.39, 0.29) is 5.91 Å². The van der Waals surface area contributed by atoms with Crippen LogP contribution in [0.4, 0.5) is 5.69 Å². The molecule has 0 spiro atoms. The largest absolute Gasteiger partial charge is 0.368 e. The number of carbonyl (C=O) groups excluding carboxylic acids is 1. The zero-order chi connectivity index (χ0) is 17.5. The molecule has 1 heterocycles. The maximum atomic E-state index is 11.6. The molecule has 0 radical (unpaired) electrons. The van der Waals surface area contributed by atoms with Gasteiger partial charge in [-0.1, -0.05) is 17.7 Å². The standard InChI is InChI=1S/C17H26ClN5O/c1-19-17(20-8-7-16(24)21(2)3)23-11-9-22(10-12-23)15-6-4-5-14(18)13-15/h4-6,13H,7-12H2,1-3H3,(H,19,20). The molecule has 0 aromatic heterocycles. The van der Waals surface area contributed by atoms with Crippen LogP contribution in [0.3, 0.4) is 0 Å². The fourth-order valence-corrected chi connectivity index (χ4v) is 2.87. The van der Waals surface area contributed by atoms with Gasteiger partial charge in [-0.3, -0.25) is 9.79 Å². The van der Waals surface area contributed by atoms with E-state index in [1.54, 1.807) is 26.0 Å². The second-order valence-corrected chi connectivity index (χ2v) is 6.40. The van der Waals surface area contributed by atoms with Crippen molar-refractivity contribution >= 4 is 29.2 Å². The van der Waals surface area contributed by atoms with Crippen LogP contribution in [0.2, 0.25) is 5.02 Å². The van der Waals surface area contributed by atoms with Crippen molar-refractivity contribution in [2.45, 2.75) is 6.42 Å². The minimum Gasteiger partial charge on any atom is -0.368 e. The molecule has 1 fully saturated rings. The van der Waals surface area contributed by atoms with Gasteiger partial charge in [0.25, 0.3) is 0 Å². The van der Waals surface area contributed by atoms with Gasteiger partial charge in [0.15, 0.2) is 5.96 Å². The quantitative estimate of drug-likeness (QED) is 0.660. The van der Waals surface area contributed by atoms with Crippen LogP contribution in [-0.4, -0.2) is 75.5 Å². The van der Waals surface area contributed by atoms with Crippen LogP contribution >= 0.6 is 11.6 Å². The Kier molecular flexibility index (Phi) is 6.73. The molecule has 24 heavy (non-hydrogen) atoms. The maximum Gasteiger partial charge on any atom is 0.223 e. The lowest BCUT2D eigenvalue weighted by Crippen LogP contribution is -2.52. The molecule has 0 bridgehead atoms. The number of carbonyl (C=O) groups is 1. The lowest BCUT2D eigenvalue weighted by Gasteiger charge is -2.37. The van der Waals surface area contributed by atoms with Gasteiger partial charge >= 0.3 is 0 Å². The summed E-state index contributed by atoms with van der Waals surface area (Å²) in [5.74, 6) is 0.969. The van der Waals surface area contributed by atoms with Gasteiger partial charge in [0.2, 0.25) is 5.91 Å². The van der Waals surface area contributed by atoms with E-state index in [2.05, 4.69) is 26.2 Å². The number of hydrogen-bond acceptors (Lipinski definition) is 3. The molecule has 1 aliphatic rings. The highest BCUT2D eigenvalue weighted by atomic mass is 35.5. The summed E-state index contributed by atoms with van der Waals surface area (Å²) < 4.78 is 0. The minimum atomic E-state index is 0.115. The van der Waals surface area contributed by atoms with E-state index in [1.165, 1.54) is 0 Å². The SMILES string of the molecule is CN=C(NCCC(=O)N(C)C)N1CCN(c2cccc(Cl)c2)CC1. The number of anilines is 1. The van der Waals surface area contributed by atoms with Crippen molar-refractivity contribution < 1.29 is 4.79 Å². The Morgan fingerprint density at radius 1 is 1.29 bits per heavy atom. The predicted molar refractivity (Wildman–Crippen MR) is 99.9 cm³/mol. The van der Waals surface area contributed by atoms with Crippen molar-refractivity contribution in [1.29, 1.82) is 0 Å². The second kappa shape index (κ2) is 8.78. The highest BCUT2D eigenvalue weighted by Gasteiger charge is 2.20. The third-order valence-electron chi connectivity index (χ3n) is 4.09. The summed E-state index contributed by atoms with van der Waals surface area (Å²) in [7, 11) is 5.32. The molecule has 1 amide bonds. The number of guanidine groups is 1. The number of aliphatic imine (C=N–C) groups is 1. The molecule has 1 aromatic carbocycles. The molecule has 7 heteroatoms. The van der Waals surface area contributed by atoms with Gasteiger partial charge in [-0.05, 0) is 18.2 Å². The smallest absolute Gasteiger partial charge is 0.223 e. The number of nitrogens with zero attached hydrogens (tertiary/aromatic N) is 4. The van der Waals surface area contributed by atoms with Gasteiger partial charge in [0, 0.05) is 71.0 Å². The monoisotopic (exact) mass is 351 g/mol. The van der Waals surface area contributed by atoms with Crippen LogP contribution in [0.15, 0.2) is 29.3 Å². The third-order valence-corrected chi connectivity index (χ3v) is 4.32. The van der Waals surface area contributed by atoms with Gasteiger partial charge < -0.3 is 20.0 Å². The van der Waals surface area contributed by atoms with Crippen LogP contribution < -0.4 is 10.2 Å². The molecule has 0 atom stereocenters. The van der Waals surface area contributed by atoms with Crippen molar-refractivity contribution in [3.05, 3.63) is 29.3 Å². The fourth-order valence-electron chi connectivity index (χ4n) is 2.69. The Morgan fingerprint density at radius 2 is 2.00 bits per heavy atom. The van der Waals surface area contributed by atoms with E-state index < -0.39 is 0 Å². The molecule has 1 aromatic rings. The molecule has 132 valence electrons. The van der Waals surface area contributed by atoms with Gasteiger partial charge in [-0.15, -0.1) is 0 Å². The highest BCUT2D eigenvalue weighted by Crippen LogP contribution is 2.20. The lowest BCUT2D eigenvalue weighted by molar-refractivity contribution is -0.128. The second-order valence-electron chi connectivity index (χ2n) is 5.97. The summed E-state index contributed by atoms with van der Waals surface area (Å²) in [6.07, 6.45) is 0.467. The highest BCUT2D eigenvalue weighted by molar-refractivity contribution is 6.30. The van der Waals surface area contributed by atoms with Crippen LogP contribution in [0, 0.1) is 0 Å². The third kappa shape index (κ3) is 5.03. The summed E-state index contributed by atoms with van der Waals surface area (Å²) in [6, 6.07) is 7.95. The first-order valence-corrected chi connectivity index (χ1v) is 8.55. The first-order valence-electron chi connectivity index (χ1n) is 8.17. The van der Waals surface area contributed by atoms with E-state index in [0.717, 1.165) is 42.8 Å². The molecule has 2 rings (SSSR count). The van der Waals surface area contributed by atoms with E-state index in [0.29, 0.717) is 13.0 Å². The van der Waals surface area contributed by atoms with Crippen LogP contribution in [0.1, 0.15) is 6.42 Å². The molecular formula is C17H26ClN5O. The van der Waals surface area contributed by atoms with Crippen LogP contribution in [-0.2, 0) is 4.79 Å². The molecule has 0 saturated carbocycles. The van der Waals surface area contributed by atoms with Crippen molar-refractivity contribution in [3.8, 4) is 0 Å². The molecule has 6 nitrogen and oxygen atoms in total. The molecule has 1 saturated heterocycles.